The number of methoxy groups -OCH3 is 1. The molecule has 144 valence electrons. The van der Waals surface area contributed by atoms with Crippen LogP contribution in [-0.2, 0) is 9.53 Å². The minimum Gasteiger partial charge on any atom is -0.503 e. The van der Waals surface area contributed by atoms with Gasteiger partial charge >= 0.3 is 5.97 Å². The number of carbonyl (C=O) groups is 1. The van der Waals surface area contributed by atoms with E-state index in [0.29, 0.717) is 28.4 Å². The van der Waals surface area contributed by atoms with Crippen molar-refractivity contribution in [1.29, 1.82) is 5.26 Å². The van der Waals surface area contributed by atoms with Gasteiger partial charge in [0.2, 0.25) is 5.88 Å². The molecule has 7 nitrogen and oxygen atoms in total. The first-order valence-corrected chi connectivity index (χ1v) is 8.49. The van der Waals surface area contributed by atoms with Crippen molar-refractivity contribution in [2.45, 2.75) is 0 Å². The van der Waals surface area contributed by atoms with Crippen LogP contribution >= 0.6 is 0 Å². The number of nitriles is 1. The second-order valence-electron chi connectivity index (χ2n) is 5.71. The van der Waals surface area contributed by atoms with Crippen LogP contribution in [0.4, 0.5) is 0 Å². The Balaban J connectivity index is 1.89. The number of hydrogen-bond acceptors (Lipinski definition) is 6. The molecule has 0 aliphatic rings. The first-order valence-electron chi connectivity index (χ1n) is 8.49. The molecule has 0 atom stereocenters. The Bertz CT molecular complexity index is 1100. The summed E-state index contributed by atoms with van der Waals surface area (Å²) < 4.78 is 16.4. The number of ether oxygens (including phenoxy) is 3. The minimum atomic E-state index is -1.14. The molecule has 0 fully saturated rings. The van der Waals surface area contributed by atoms with Crippen molar-refractivity contribution in [2.24, 2.45) is 0 Å². The summed E-state index contributed by atoms with van der Waals surface area (Å²) in [5.41, 5.74) is 0.689. The topological polar surface area (TPSA) is 102 Å². The molecular formula is C22H16N2O5. The number of carboxylic acid groups (broad SMARTS) is 1. The first kappa shape index (κ1) is 19.5. The number of carboxylic acids is 1. The maximum Gasteiger partial charge on any atom is 0.339 e. The smallest absolute Gasteiger partial charge is 0.339 e. The summed E-state index contributed by atoms with van der Waals surface area (Å²) in [5, 5.41) is 18.6. The quantitative estimate of drug-likeness (QED) is 0.466. The lowest BCUT2D eigenvalue weighted by molar-refractivity contribution is -0.130. The van der Waals surface area contributed by atoms with Gasteiger partial charge < -0.3 is 19.3 Å². The van der Waals surface area contributed by atoms with Crippen LogP contribution in [0, 0.1) is 11.3 Å². The lowest BCUT2D eigenvalue weighted by atomic mass is 10.1. The third kappa shape index (κ3) is 4.70. The molecule has 0 amide bonds. The second kappa shape index (κ2) is 9.06. The molecule has 2 aromatic carbocycles. The molecule has 0 saturated heterocycles. The van der Waals surface area contributed by atoms with Crippen molar-refractivity contribution in [3.05, 3.63) is 84.2 Å². The molecular weight excluding hydrogens is 372 g/mol. The van der Waals surface area contributed by atoms with Gasteiger partial charge in [0.05, 0.1) is 18.9 Å². The van der Waals surface area contributed by atoms with Crippen molar-refractivity contribution < 1.29 is 24.1 Å². The van der Waals surface area contributed by atoms with Crippen LogP contribution in [0.3, 0.4) is 0 Å². The predicted molar refractivity (Wildman–Crippen MR) is 105 cm³/mol. The SMILES string of the molecule is CO/C=C(/C(=O)O)c1ccccc1Oc1ccnc(Oc2ccccc2C#N)c1. The second-order valence-corrected chi connectivity index (χ2v) is 5.71. The van der Waals surface area contributed by atoms with E-state index < -0.39 is 5.97 Å². The van der Waals surface area contributed by atoms with Crippen molar-refractivity contribution in [3.8, 4) is 29.2 Å². The van der Waals surface area contributed by atoms with Crippen LogP contribution in [0.2, 0.25) is 0 Å². The van der Waals surface area contributed by atoms with Gasteiger partial charge in [-0.25, -0.2) is 9.78 Å². The van der Waals surface area contributed by atoms with Crippen LogP contribution in [0.15, 0.2) is 73.1 Å². The zero-order valence-electron chi connectivity index (χ0n) is 15.4. The fourth-order valence-corrected chi connectivity index (χ4v) is 2.52. The summed E-state index contributed by atoms with van der Waals surface area (Å²) in [5.74, 6) is 0.173. The van der Waals surface area contributed by atoms with E-state index in [1.807, 2.05) is 0 Å². The maximum atomic E-state index is 11.6. The van der Waals surface area contributed by atoms with Crippen molar-refractivity contribution >= 4 is 11.5 Å². The van der Waals surface area contributed by atoms with E-state index >= 15 is 0 Å². The van der Waals surface area contributed by atoms with Gasteiger partial charge in [-0.3, -0.25) is 0 Å². The Hall–Kier alpha value is -4.31. The van der Waals surface area contributed by atoms with Gasteiger partial charge in [0.1, 0.15) is 28.9 Å². The van der Waals surface area contributed by atoms with Gasteiger partial charge in [0.15, 0.2) is 0 Å². The average molecular weight is 388 g/mol. The normalized spacial score (nSPS) is 10.7. The van der Waals surface area contributed by atoms with Crippen LogP contribution < -0.4 is 9.47 Å². The van der Waals surface area contributed by atoms with E-state index in [4.69, 9.17) is 14.2 Å². The summed E-state index contributed by atoms with van der Waals surface area (Å²) in [6.45, 7) is 0. The molecule has 0 unspecified atom stereocenters. The third-order valence-corrected chi connectivity index (χ3v) is 3.80. The molecule has 3 rings (SSSR count). The lowest BCUT2D eigenvalue weighted by Gasteiger charge is -2.12. The number of hydrogen-bond donors (Lipinski definition) is 1. The lowest BCUT2D eigenvalue weighted by Crippen LogP contribution is -2.02. The van der Waals surface area contributed by atoms with Gasteiger partial charge in [-0.05, 0) is 24.3 Å². The van der Waals surface area contributed by atoms with Crippen LogP contribution in [-0.4, -0.2) is 23.2 Å². The van der Waals surface area contributed by atoms with E-state index in [-0.39, 0.29) is 11.5 Å². The van der Waals surface area contributed by atoms with Crippen molar-refractivity contribution in [3.63, 3.8) is 0 Å². The molecule has 1 heterocycles. The molecule has 1 aromatic heterocycles. The van der Waals surface area contributed by atoms with E-state index in [0.717, 1.165) is 6.26 Å². The average Bonchev–Trinajstić information content (AvgIpc) is 2.73. The van der Waals surface area contributed by atoms with E-state index in [1.165, 1.54) is 13.3 Å². The van der Waals surface area contributed by atoms with Gasteiger partial charge in [-0.1, -0.05) is 30.3 Å². The number of rotatable bonds is 7. The fraction of sp³-hybridized carbons (Fsp3) is 0.0455. The van der Waals surface area contributed by atoms with Crippen molar-refractivity contribution in [1.82, 2.24) is 4.98 Å². The van der Waals surface area contributed by atoms with Gasteiger partial charge in [0, 0.05) is 17.8 Å². The monoisotopic (exact) mass is 388 g/mol. The van der Waals surface area contributed by atoms with Crippen LogP contribution in [0.25, 0.3) is 5.57 Å². The molecule has 0 spiro atoms. The Labute approximate surface area is 167 Å². The van der Waals surface area contributed by atoms with Gasteiger partial charge in [-0.2, -0.15) is 5.26 Å². The molecule has 1 N–H and O–H groups in total. The summed E-state index contributed by atoms with van der Waals surface area (Å²) >= 11 is 0. The summed E-state index contributed by atoms with van der Waals surface area (Å²) in [4.78, 5) is 15.7. The third-order valence-electron chi connectivity index (χ3n) is 3.80. The molecule has 0 radical (unpaired) electrons. The molecule has 7 heteroatoms. The highest BCUT2D eigenvalue weighted by molar-refractivity contribution is 6.15. The minimum absolute atomic E-state index is 0.0448. The van der Waals surface area contributed by atoms with E-state index in [1.54, 1.807) is 60.7 Å². The number of aliphatic carboxylic acids is 1. The summed E-state index contributed by atoms with van der Waals surface area (Å²) in [7, 11) is 1.37. The first-order chi connectivity index (χ1) is 14.1. The van der Waals surface area contributed by atoms with E-state index in [2.05, 4.69) is 11.1 Å². The number of pyridine rings is 1. The fourth-order valence-electron chi connectivity index (χ4n) is 2.52. The van der Waals surface area contributed by atoms with Gasteiger partial charge in [0.25, 0.3) is 0 Å². The zero-order chi connectivity index (χ0) is 20.6. The molecule has 0 aliphatic heterocycles. The van der Waals surface area contributed by atoms with Crippen LogP contribution in [0.5, 0.6) is 23.1 Å². The molecule has 29 heavy (non-hydrogen) atoms. The number of benzene rings is 2. The summed E-state index contributed by atoms with van der Waals surface area (Å²) in [6, 6.07) is 18.7. The standard InChI is InChI=1S/C22H16N2O5/c1-27-14-18(22(25)26)17-7-3-5-9-20(17)28-16-10-11-24-21(12-16)29-19-8-4-2-6-15(19)13-23/h2-12,14H,1H3,(H,25,26)/b18-14+. The largest absolute Gasteiger partial charge is 0.503 e. The Kier molecular flexibility index (Phi) is 6.08. The zero-order valence-corrected chi connectivity index (χ0v) is 15.4. The number of nitrogens with zero attached hydrogens (tertiary/aromatic N) is 2. The van der Waals surface area contributed by atoms with Gasteiger partial charge in [-0.15, -0.1) is 0 Å². The predicted octanol–water partition coefficient (Wildman–Crippen LogP) is 4.61. The number of aromatic nitrogens is 1. The molecule has 3 aromatic rings. The summed E-state index contributed by atoms with van der Waals surface area (Å²) in [6.07, 6.45) is 2.63. The molecule has 0 bridgehead atoms. The Morgan fingerprint density at radius 2 is 1.79 bits per heavy atom. The molecule has 0 aliphatic carbocycles. The number of para-hydroxylation sites is 2. The molecule has 0 saturated carbocycles. The van der Waals surface area contributed by atoms with E-state index in [9.17, 15) is 15.2 Å². The highest BCUT2D eigenvalue weighted by atomic mass is 16.5. The highest BCUT2D eigenvalue weighted by Gasteiger charge is 2.17. The Morgan fingerprint density at radius 3 is 2.52 bits per heavy atom. The maximum absolute atomic E-state index is 11.6. The van der Waals surface area contributed by atoms with Crippen molar-refractivity contribution in [2.75, 3.05) is 7.11 Å². The van der Waals surface area contributed by atoms with Crippen LogP contribution in [0.1, 0.15) is 11.1 Å². The highest BCUT2D eigenvalue weighted by Crippen LogP contribution is 2.32. The Morgan fingerprint density at radius 1 is 1.07 bits per heavy atom.